The van der Waals surface area contributed by atoms with Crippen LogP contribution in [0.25, 0.3) is 0 Å². The number of hydrogen-bond acceptors (Lipinski definition) is 4. The van der Waals surface area contributed by atoms with Crippen LogP contribution in [0.4, 0.5) is 9.39 Å². The van der Waals surface area contributed by atoms with Gasteiger partial charge in [-0.05, 0) is 45.6 Å². The highest BCUT2D eigenvalue weighted by atomic mass is 79.9. The van der Waals surface area contributed by atoms with Crippen molar-refractivity contribution in [3.05, 3.63) is 45.5 Å². The molecule has 0 unspecified atom stereocenters. The van der Waals surface area contributed by atoms with E-state index in [1.54, 1.807) is 5.38 Å². The molecule has 0 radical (unpaired) electrons. The zero-order chi connectivity index (χ0) is 14.0. The maximum Gasteiger partial charge on any atom is 0.263 e. The average Bonchev–Trinajstić information content (AvgIpc) is 2.74. The minimum Gasteiger partial charge on any atom is -0.269 e. The number of nitrogens with one attached hydrogen (secondary N) is 1. The summed E-state index contributed by atoms with van der Waals surface area (Å²) in [6.07, 6.45) is 0. The number of nitriles is 1. The van der Waals surface area contributed by atoms with Crippen LogP contribution < -0.4 is 4.72 Å². The number of benzene rings is 1. The van der Waals surface area contributed by atoms with Crippen molar-refractivity contribution in [3.8, 4) is 6.07 Å². The average molecular weight is 361 g/mol. The topological polar surface area (TPSA) is 70.0 Å². The molecule has 0 saturated carbocycles. The molecule has 1 N–H and O–H groups in total. The molecule has 0 aliphatic rings. The van der Waals surface area contributed by atoms with Crippen LogP contribution in [0, 0.1) is 17.1 Å². The van der Waals surface area contributed by atoms with Crippen LogP contribution >= 0.6 is 27.3 Å². The fourth-order valence-electron chi connectivity index (χ4n) is 1.35. The number of nitrogens with zero attached hydrogens (tertiary/aromatic N) is 1. The summed E-state index contributed by atoms with van der Waals surface area (Å²) in [6, 6.07) is 6.67. The molecule has 1 heterocycles. The summed E-state index contributed by atoms with van der Waals surface area (Å²) in [7, 11) is -3.87. The highest BCUT2D eigenvalue weighted by molar-refractivity contribution is 9.10. The zero-order valence-electron chi connectivity index (χ0n) is 9.22. The number of hydrogen-bond donors (Lipinski definition) is 1. The molecule has 19 heavy (non-hydrogen) atoms. The van der Waals surface area contributed by atoms with Crippen molar-refractivity contribution in [2.75, 3.05) is 4.72 Å². The van der Waals surface area contributed by atoms with Crippen LogP contribution in [0.2, 0.25) is 0 Å². The first-order valence-corrected chi connectivity index (χ1v) is 8.05. The fraction of sp³-hybridized carbons (Fsp3) is 0. The van der Waals surface area contributed by atoms with Crippen molar-refractivity contribution in [3.63, 3.8) is 0 Å². The molecule has 1 aromatic heterocycles. The van der Waals surface area contributed by atoms with Crippen molar-refractivity contribution in [2.45, 2.75) is 4.90 Å². The van der Waals surface area contributed by atoms with Crippen LogP contribution in [0.3, 0.4) is 0 Å². The first-order valence-electron chi connectivity index (χ1n) is 4.89. The largest absolute Gasteiger partial charge is 0.269 e. The highest BCUT2D eigenvalue weighted by Gasteiger charge is 2.20. The van der Waals surface area contributed by atoms with Crippen LogP contribution in [-0.4, -0.2) is 8.42 Å². The molecule has 2 rings (SSSR count). The van der Waals surface area contributed by atoms with Gasteiger partial charge >= 0.3 is 0 Å². The van der Waals surface area contributed by atoms with Gasteiger partial charge in [0, 0.05) is 4.47 Å². The molecule has 0 atom stereocenters. The van der Waals surface area contributed by atoms with Gasteiger partial charge < -0.3 is 0 Å². The maximum absolute atomic E-state index is 12.9. The Morgan fingerprint density at radius 1 is 1.37 bits per heavy atom. The number of rotatable bonds is 3. The van der Waals surface area contributed by atoms with E-state index in [2.05, 4.69) is 20.7 Å². The molecular weight excluding hydrogens is 355 g/mol. The maximum atomic E-state index is 12.9. The molecule has 0 spiro atoms. The van der Waals surface area contributed by atoms with Crippen molar-refractivity contribution in [1.29, 1.82) is 5.26 Å². The van der Waals surface area contributed by atoms with Gasteiger partial charge in [0.2, 0.25) is 0 Å². The van der Waals surface area contributed by atoms with E-state index in [-0.39, 0.29) is 19.9 Å². The molecule has 0 aliphatic carbocycles. The van der Waals surface area contributed by atoms with Gasteiger partial charge in [-0.1, -0.05) is 0 Å². The monoisotopic (exact) mass is 360 g/mol. The van der Waals surface area contributed by atoms with Gasteiger partial charge in [0.25, 0.3) is 10.0 Å². The Hall–Kier alpha value is -1.43. The lowest BCUT2D eigenvalue weighted by molar-refractivity contribution is 0.599. The first-order chi connectivity index (χ1) is 8.94. The summed E-state index contributed by atoms with van der Waals surface area (Å²) in [5, 5.41) is 10.7. The molecule has 0 amide bonds. The van der Waals surface area contributed by atoms with E-state index in [0.717, 1.165) is 29.5 Å². The minimum atomic E-state index is -3.87. The summed E-state index contributed by atoms with van der Waals surface area (Å²) < 4.78 is 39.6. The number of halogens is 2. The van der Waals surface area contributed by atoms with Crippen LogP contribution in [0.1, 0.15) is 5.56 Å². The van der Waals surface area contributed by atoms with Crippen LogP contribution in [0.5, 0.6) is 0 Å². The Bertz CT molecular complexity index is 765. The molecule has 0 fully saturated rings. The van der Waals surface area contributed by atoms with E-state index in [1.165, 1.54) is 6.07 Å². The molecule has 2 aromatic rings. The standard InChI is InChI=1S/C11H6BrFN2O2S2/c12-9-5-8(13)1-2-10(9)19(16,17)15-11-7(6-14)3-4-18-11/h1-5,15H. The zero-order valence-corrected chi connectivity index (χ0v) is 12.4. The molecule has 4 nitrogen and oxygen atoms in total. The molecule has 0 saturated heterocycles. The van der Waals surface area contributed by atoms with Crippen molar-refractivity contribution in [2.24, 2.45) is 0 Å². The summed E-state index contributed by atoms with van der Waals surface area (Å²) in [6.45, 7) is 0. The normalized spacial score (nSPS) is 11.0. The second-order valence-corrected chi connectivity index (χ2v) is 6.88. The second kappa shape index (κ2) is 5.28. The summed E-state index contributed by atoms with van der Waals surface area (Å²) in [5.41, 5.74) is 0.242. The van der Waals surface area contributed by atoms with E-state index < -0.39 is 15.8 Å². The Kier molecular flexibility index (Phi) is 3.89. The third kappa shape index (κ3) is 2.94. The molecule has 1 aromatic carbocycles. The van der Waals surface area contributed by atoms with Crippen molar-refractivity contribution in [1.82, 2.24) is 0 Å². The predicted molar refractivity (Wildman–Crippen MR) is 73.9 cm³/mol. The summed E-state index contributed by atoms with van der Waals surface area (Å²) >= 11 is 4.10. The Labute approximate surface area is 121 Å². The predicted octanol–water partition coefficient (Wildman–Crippen LogP) is 3.32. The van der Waals surface area contributed by atoms with Gasteiger partial charge in [-0.2, -0.15) is 5.26 Å². The van der Waals surface area contributed by atoms with Gasteiger partial charge in [-0.25, -0.2) is 12.8 Å². The molecule has 8 heteroatoms. The molecular formula is C11H6BrFN2O2S2. The third-order valence-corrected chi connectivity index (χ3v) is 5.48. The van der Waals surface area contributed by atoms with Gasteiger partial charge in [0.1, 0.15) is 21.8 Å². The lowest BCUT2D eigenvalue weighted by atomic mass is 10.3. The number of sulfonamides is 1. The lowest BCUT2D eigenvalue weighted by Crippen LogP contribution is -2.13. The van der Waals surface area contributed by atoms with Gasteiger partial charge in [-0.15, -0.1) is 11.3 Å². The SMILES string of the molecule is N#Cc1ccsc1NS(=O)(=O)c1ccc(F)cc1Br. The van der Waals surface area contributed by atoms with E-state index in [1.807, 2.05) is 6.07 Å². The van der Waals surface area contributed by atoms with E-state index >= 15 is 0 Å². The van der Waals surface area contributed by atoms with E-state index in [9.17, 15) is 12.8 Å². The minimum absolute atomic E-state index is 0.0915. The number of anilines is 1. The Morgan fingerprint density at radius 3 is 2.74 bits per heavy atom. The van der Waals surface area contributed by atoms with Gasteiger partial charge in [0.05, 0.1) is 5.56 Å². The fourth-order valence-corrected chi connectivity index (χ4v) is 4.47. The second-order valence-electron chi connectivity index (χ2n) is 3.46. The summed E-state index contributed by atoms with van der Waals surface area (Å²) in [5.74, 6) is -0.542. The van der Waals surface area contributed by atoms with Gasteiger partial charge in [-0.3, -0.25) is 4.72 Å². The van der Waals surface area contributed by atoms with Crippen molar-refractivity contribution < 1.29 is 12.8 Å². The smallest absolute Gasteiger partial charge is 0.263 e. The van der Waals surface area contributed by atoms with Crippen LogP contribution in [-0.2, 0) is 10.0 Å². The Balaban J connectivity index is 2.41. The number of thiophene rings is 1. The molecule has 98 valence electrons. The third-order valence-electron chi connectivity index (χ3n) is 2.20. The lowest BCUT2D eigenvalue weighted by Gasteiger charge is -2.08. The Morgan fingerprint density at radius 2 is 2.11 bits per heavy atom. The quantitative estimate of drug-likeness (QED) is 0.912. The summed E-state index contributed by atoms with van der Waals surface area (Å²) in [4.78, 5) is -0.0915. The van der Waals surface area contributed by atoms with E-state index in [4.69, 9.17) is 5.26 Å². The van der Waals surface area contributed by atoms with Crippen LogP contribution in [0.15, 0.2) is 39.0 Å². The molecule has 0 aliphatic heterocycles. The first kappa shape index (κ1) is 14.0. The van der Waals surface area contributed by atoms with Crippen molar-refractivity contribution >= 4 is 42.3 Å². The highest BCUT2D eigenvalue weighted by Crippen LogP contribution is 2.28. The van der Waals surface area contributed by atoms with Gasteiger partial charge in [0.15, 0.2) is 0 Å². The van der Waals surface area contributed by atoms with E-state index in [0.29, 0.717) is 0 Å². The molecule has 0 bridgehead atoms.